The van der Waals surface area contributed by atoms with Crippen LogP contribution < -0.4 is 10.6 Å². The van der Waals surface area contributed by atoms with Gasteiger partial charge in [0.15, 0.2) is 6.29 Å². The number of amides is 2. The summed E-state index contributed by atoms with van der Waals surface area (Å²) in [4.78, 5) is 23.0. The number of hydrogen-bond acceptors (Lipinski definition) is 4. The van der Waals surface area contributed by atoms with E-state index in [1.807, 2.05) is 0 Å². The zero-order valence-electron chi connectivity index (χ0n) is 12.5. The monoisotopic (exact) mass is 328 g/mol. The zero-order valence-corrected chi connectivity index (χ0v) is 12.5. The van der Waals surface area contributed by atoms with Crippen molar-refractivity contribution in [3.63, 3.8) is 0 Å². The molecule has 1 heterocycles. The van der Waals surface area contributed by atoms with Crippen molar-refractivity contribution < 1.29 is 24.9 Å². The van der Waals surface area contributed by atoms with Crippen molar-refractivity contribution in [3.8, 4) is 0 Å². The molecule has 24 heavy (non-hydrogen) atoms. The zero-order chi connectivity index (χ0) is 17.3. The molecule has 0 saturated carbocycles. The van der Waals surface area contributed by atoms with Crippen molar-refractivity contribution in [2.75, 3.05) is 0 Å². The van der Waals surface area contributed by atoms with Crippen molar-refractivity contribution in [2.24, 2.45) is 0 Å². The summed E-state index contributed by atoms with van der Waals surface area (Å²) in [6.07, 6.45) is -1.61. The number of rotatable bonds is 4. The second-order valence-electron chi connectivity index (χ2n) is 5.55. The van der Waals surface area contributed by atoms with Gasteiger partial charge in [-0.2, -0.15) is 0 Å². The number of aliphatic hydroxyl groups is 2. The van der Waals surface area contributed by atoms with Crippen LogP contribution in [0, 0.1) is 0 Å². The van der Waals surface area contributed by atoms with E-state index in [0.717, 1.165) is 0 Å². The molecular formula is C17H16N2O5. The van der Waals surface area contributed by atoms with Gasteiger partial charge in [-0.15, -0.1) is 0 Å². The van der Waals surface area contributed by atoms with Crippen LogP contribution in [0.25, 0.3) is 0 Å². The number of carboxylic acids is 1. The minimum atomic E-state index is -1.61. The molecule has 0 spiro atoms. The van der Waals surface area contributed by atoms with Gasteiger partial charge in [-0.3, -0.25) is 0 Å². The smallest absolute Gasteiger partial charge is 0.335 e. The first-order valence-electron chi connectivity index (χ1n) is 7.32. The molecule has 2 amide bonds. The highest BCUT2D eigenvalue weighted by Crippen LogP contribution is 2.33. The first-order valence-corrected chi connectivity index (χ1v) is 7.32. The number of carbonyl (C=O) groups excluding carboxylic acids is 1. The van der Waals surface area contributed by atoms with Crippen LogP contribution in [0.5, 0.6) is 0 Å². The Morgan fingerprint density at radius 1 is 0.958 bits per heavy atom. The summed E-state index contributed by atoms with van der Waals surface area (Å²) in [6.45, 7) is 0. The molecule has 1 fully saturated rings. The number of carbonyl (C=O) groups is 2. The number of benzene rings is 2. The van der Waals surface area contributed by atoms with Crippen LogP contribution in [0.1, 0.15) is 45.4 Å². The van der Waals surface area contributed by atoms with Crippen molar-refractivity contribution in [2.45, 2.75) is 18.4 Å². The predicted octanol–water partition coefficient (Wildman–Crippen LogP) is 1.46. The second kappa shape index (κ2) is 6.31. The Morgan fingerprint density at radius 3 is 2.12 bits per heavy atom. The first kappa shape index (κ1) is 16.0. The second-order valence-corrected chi connectivity index (χ2v) is 5.55. The van der Waals surface area contributed by atoms with Crippen LogP contribution >= 0.6 is 0 Å². The number of carboxylic acid groups (broad SMARTS) is 1. The van der Waals surface area contributed by atoms with Gasteiger partial charge in [0.1, 0.15) is 0 Å². The molecule has 3 rings (SSSR count). The number of urea groups is 1. The number of aromatic carboxylic acids is 1. The van der Waals surface area contributed by atoms with Crippen LogP contribution in [0.3, 0.4) is 0 Å². The van der Waals surface area contributed by atoms with E-state index >= 15 is 0 Å². The summed E-state index contributed by atoms with van der Waals surface area (Å²) in [5.41, 5.74) is 1.77. The molecule has 2 unspecified atom stereocenters. The van der Waals surface area contributed by atoms with Crippen LogP contribution in [0.2, 0.25) is 0 Å². The molecule has 7 nitrogen and oxygen atoms in total. The summed E-state index contributed by atoms with van der Waals surface area (Å²) in [7, 11) is 0. The molecule has 5 N–H and O–H groups in total. The van der Waals surface area contributed by atoms with Gasteiger partial charge in [-0.1, -0.05) is 30.3 Å². The molecule has 2 atom stereocenters. The van der Waals surface area contributed by atoms with E-state index in [4.69, 9.17) is 5.11 Å². The molecule has 0 aliphatic carbocycles. The van der Waals surface area contributed by atoms with E-state index in [1.54, 1.807) is 36.4 Å². The van der Waals surface area contributed by atoms with Crippen LogP contribution in [-0.2, 0) is 0 Å². The van der Waals surface area contributed by atoms with Gasteiger partial charge in [0.2, 0.25) is 0 Å². The fourth-order valence-corrected chi connectivity index (χ4v) is 2.82. The minimum Gasteiger partial charge on any atom is -0.478 e. The predicted molar refractivity (Wildman–Crippen MR) is 84.2 cm³/mol. The maximum atomic E-state index is 11.8. The SMILES string of the molecule is O=C1NC(c2cccc(C(=O)O)c2)C(c2cccc(C(O)O)c2)N1. The highest BCUT2D eigenvalue weighted by atomic mass is 16.5. The average molecular weight is 328 g/mol. The lowest BCUT2D eigenvalue weighted by Gasteiger charge is -2.20. The third-order valence-corrected chi connectivity index (χ3v) is 3.97. The Morgan fingerprint density at radius 2 is 1.54 bits per heavy atom. The number of aliphatic hydroxyl groups excluding tert-OH is 1. The molecule has 124 valence electrons. The Balaban J connectivity index is 1.98. The molecule has 7 heteroatoms. The van der Waals surface area contributed by atoms with Crippen LogP contribution in [0.15, 0.2) is 48.5 Å². The third-order valence-electron chi connectivity index (χ3n) is 3.97. The fourth-order valence-electron chi connectivity index (χ4n) is 2.82. The van der Waals surface area contributed by atoms with E-state index in [-0.39, 0.29) is 11.6 Å². The fraction of sp³-hybridized carbons (Fsp3) is 0.176. The molecule has 0 aromatic heterocycles. The molecule has 1 aliphatic heterocycles. The van der Waals surface area contributed by atoms with E-state index in [9.17, 15) is 19.8 Å². The quantitative estimate of drug-likeness (QED) is 0.545. The van der Waals surface area contributed by atoms with Crippen molar-refractivity contribution in [3.05, 3.63) is 70.8 Å². The summed E-state index contributed by atoms with van der Waals surface area (Å²) in [6, 6.07) is 11.6. The maximum absolute atomic E-state index is 11.8. The normalized spacial score (nSPS) is 19.9. The molecule has 0 bridgehead atoms. The summed E-state index contributed by atoms with van der Waals surface area (Å²) < 4.78 is 0. The lowest BCUT2D eigenvalue weighted by molar-refractivity contribution is -0.0425. The summed E-state index contributed by atoms with van der Waals surface area (Å²) in [5.74, 6) is -1.05. The van der Waals surface area contributed by atoms with Gasteiger partial charge in [0.05, 0.1) is 17.6 Å². The van der Waals surface area contributed by atoms with Gasteiger partial charge >= 0.3 is 12.0 Å². The van der Waals surface area contributed by atoms with Gasteiger partial charge < -0.3 is 26.0 Å². The largest absolute Gasteiger partial charge is 0.478 e. The summed E-state index contributed by atoms with van der Waals surface area (Å²) in [5, 5.41) is 33.3. The highest BCUT2D eigenvalue weighted by molar-refractivity contribution is 5.88. The van der Waals surface area contributed by atoms with Crippen molar-refractivity contribution in [1.82, 2.24) is 10.6 Å². The molecule has 2 aromatic rings. The van der Waals surface area contributed by atoms with Gasteiger partial charge in [-0.05, 0) is 29.3 Å². The van der Waals surface area contributed by atoms with Gasteiger partial charge in [0.25, 0.3) is 0 Å². The lowest BCUT2D eigenvalue weighted by Crippen LogP contribution is -2.22. The molecule has 1 aliphatic rings. The Hall–Kier alpha value is -2.90. The van der Waals surface area contributed by atoms with E-state index in [2.05, 4.69) is 10.6 Å². The highest BCUT2D eigenvalue weighted by Gasteiger charge is 2.34. The van der Waals surface area contributed by atoms with Gasteiger partial charge in [-0.25, -0.2) is 9.59 Å². The summed E-state index contributed by atoms with van der Waals surface area (Å²) >= 11 is 0. The van der Waals surface area contributed by atoms with E-state index in [1.165, 1.54) is 12.1 Å². The van der Waals surface area contributed by atoms with E-state index in [0.29, 0.717) is 16.7 Å². The molecular weight excluding hydrogens is 312 g/mol. The maximum Gasteiger partial charge on any atom is 0.335 e. The first-order chi connectivity index (χ1) is 11.5. The van der Waals surface area contributed by atoms with Crippen LogP contribution in [-0.4, -0.2) is 27.3 Å². The average Bonchev–Trinajstić information content (AvgIpc) is 2.97. The molecule has 0 radical (unpaired) electrons. The Labute approximate surface area is 137 Å². The topological polar surface area (TPSA) is 119 Å². The van der Waals surface area contributed by atoms with Crippen molar-refractivity contribution >= 4 is 12.0 Å². The molecule has 2 aromatic carbocycles. The standard InChI is InChI=1S/C17H16N2O5/c20-15(21)11-5-1-3-9(7-11)13-14(19-17(24)18-13)10-4-2-6-12(8-10)16(22)23/h1-8,13-15,20-21H,(H,22,23)(H2,18,19,24). The third kappa shape index (κ3) is 3.08. The lowest BCUT2D eigenvalue weighted by atomic mass is 9.93. The van der Waals surface area contributed by atoms with Crippen molar-refractivity contribution in [1.29, 1.82) is 0 Å². The Kier molecular flexibility index (Phi) is 4.20. The molecule has 1 saturated heterocycles. The Bertz CT molecular complexity index is 790. The number of hydrogen-bond donors (Lipinski definition) is 5. The minimum absolute atomic E-state index is 0.131. The van der Waals surface area contributed by atoms with Gasteiger partial charge in [0, 0.05) is 5.56 Å². The number of nitrogens with one attached hydrogen (secondary N) is 2. The van der Waals surface area contributed by atoms with E-state index < -0.39 is 24.3 Å². The van der Waals surface area contributed by atoms with Crippen LogP contribution in [0.4, 0.5) is 4.79 Å².